The number of nitrogens with zero attached hydrogens (tertiary/aromatic N) is 1. The molecule has 1 amide bonds. The Hall–Kier alpha value is -1.95. The minimum atomic E-state index is -0.801. The van der Waals surface area contributed by atoms with E-state index in [2.05, 4.69) is 5.32 Å². The van der Waals surface area contributed by atoms with E-state index in [-0.39, 0.29) is 30.4 Å². The number of carbonyl (C=O) groups is 2. The summed E-state index contributed by atoms with van der Waals surface area (Å²) in [7, 11) is 0. The molecule has 6 heteroatoms. The van der Waals surface area contributed by atoms with Crippen molar-refractivity contribution < 1.29 is 19.1 Å². The lowest BCUT2D eigenvalue weighted by atomic mass is 9.85. The molecule has 24 heavy (non-hydrogen) atoms. The number of benzene rings is 1. The molecule has 0 bridgehead atoms. The van der Waals surface area contributed by atoms with E-state index in [0.29, 0.717) is 17.0 Å². The molecule has 0 unspecified atom stereocenters. The highest BCUT2D eigenvalue weighted by molar-refractivity contribution is 5.94. The van der Waals surface area contributed by atoms with E-state index in [4.69, 9.17) is 5.11 Å². The van der Waals surface area contributed by atoms with E-state index in [9.17, 15) is 14.0 Å². The van der Waals surface area contributed by atoms with Crippen LogP contribution < -0.4 is 5.32 Å². The molecule has 2 N–H and O–H groups in total. The molecule has 0 spiro atoms. The molecule has 0 heterocycles. The Morgan fingerprint density at radius 3 is 2.62 bits per heavy atom. The third-order valence-corrected chi connectivity index (χ3v) is 4.91. The number of carboxylic acids is 1. The third kappa shape index (κ3) is 4.12. The van der Waals surface area contributed by atoms with Crippen LogP contribution in [0, 0.1) is 18.7 Å². The van der Waals surface area contributed by atoms with Gasteiger partial charge in [0.05, 0.1) is 6.54 Å². The zero-order valence-corrected chi connectivity index (χ0v) is 13.8. The summed E-state index contributed by atoms with van der Waals surface area (Å²) in [6, 6.07) is 4.62. The highest BCUT2D eigenvalue weighted by atomic mass is 19.1. The van der Waals surface area contributed by atoms with Gasteiger partial charge in [0.2, 0.25) is 0 Å². The van der Waals surface area contributed by atoms with Gasteiger partial charge in [-0.25, -0.2) is 4.39 Å². The molecule has 0 atom stereocenters. The van der Waals surface area contributed by atoms with E-state index < -0.39 is 5.97 Å². The molecule has 3 rings (SSSR count). The fourth-order valence-electron chi connectivity index (χ4n) is 3.21. The summed E-state index contributed by atoms with van der Waals surface area (Å²) >= 11 is 0. The van der Waals surface area contributed by atoms with Crippen molar-refractivity contribution in [2.24, 2.45) is 5.92 Å². The molecule has 0 aliphatic heterocycles. The van der Waals surface area contributed by atoms with Crippen molar-refractivity contribution >= 4 is 11.9 Å². The number of rotatable bonds is 7. The van der Waals surface area contributed by atoms with Crippen LogP contribution in [0.4, 0.5) is 4.39 Å². The second-order valence-corrected chi connectivity index (χ2v) is 7.03. The molecule has 0 saturated heterocycles. The van der Waals surface area contributed by atoms with Gasteiger partial charge >= 0.3 is 5.97 Å². The van der Waals surface area contributed by atoms with E-state index in [0.717, 1.165) is 19.4 Å². The molecule has 2 aliphatic rings. The number of aryl methyl sites for hydroxylation is 1. The van der Waals surface area contributed by atoms with Gasteiger partial charge in [-0.3, -0.25) is 14.5 Å². The third-order valence-electron chi connectivity index (χ3n) is 4.91. The second kappa shape index (κ2) is 6.89. The number of amides is 1. The molecule has 2 aliphatic carbocycles. The molecule has 2 fully saturated rings. The first-order chi connectivity index (χ1) is 11.4. The van der Waals surface area contributed by atoms with Crippen molar-refractivity contribution in [1.82, 2.24) is 10.2 Å². The maximum Gasteiger partial charge on any atom is 0.317 e. The van der Waals surface area contributed by atoms with Crippen LogP contribution in [0.5, 0.6) is 0 Å². The lowest BCUT2D eigenvalue weighted by molar-refractivity contribution is -0.139. The van der Waals surface area contributed by atoms with Gasteiger partial charge in [0.25, 0.3) is 5.91 Å². The van der Waals surface area contributed by atoms with Crippen LogP contribution in [0.15, 0.2) is 18.2 Å². The van der Waals surface area contributed by atoms with Crippen molar-refractivity contribution in [3.63, 3.8) is 0 Å². The largest absolute Gasteiger partial charge is 0.480 e. The monoisotopic (exact) mass is 334 g/mol. The van der Waals surface area contributed by atoms with Crippen LogP contribution >= 0.6 is 0 Å². The van der Waals surface area contributed by atoms with Gasteiger partial charge in [0.1, 0.15) is 5.82 Å². The average Bonchev–Trinajstić information content (AvgIpc) is 3.28. The first-order valence-corrected chi connectivity index (χ1v) is 8.45. The van der Waals surface area contributed by atoms with Crippen molar-refractivity contribution in [3.05, 3.63) is 35.1 Å². The standard InChI is InChI=1S/C18H23FN2O3/c1-11-6-13(4-5-16(11)19)18(24)20-14-7-15(8-14)21(10-17(22)23)9-12-2-3-12/h4-6,12,14-15H,2-3,7-10H2,1H3,(H,20,24)(H,22,23). The SMILES string of the molecule is Cc1cc(C(=O)NC2CC(N(CC(=O)O)CC3CC3)C2)ccc1F. The normalized spacial score (nSPS) is 23.0. The maximum atomic E-state index is 13.3. The van der Waals surface area contributed by atoms with E-state index in [1.54, 1.807) is 13.0 Å². The van der Waals surface area contributed by atoms with Crippen LogP contribution in [0.1, 0.15) is 41.6 Å². The summed E-state index contributed by atoms with van der Waals surface area (Å²) in [6.45, 7) is 2.54. The molecule has 0 radical (unpaired) electrons. The highest BCUT2D eigenvalue weighted by Crippen LogP contribution is 2.33. The number of hydrogen-bond donors (Lipinski definition) is 2. The van der Waals surface area contributed by atoms with E-state index in [1.165, 1.54) is 25.0 Å². The van der Waals surface area contributed by atoms with Crippen LogP contribution in [0.3, 0.4) is 0 Å². The minimum absolute atomic E-state index is 0.0587. The molecule has 5 nitrogen and oxygen atoms in total. The average molecular weight is 334 g/mol. The first-order valence-electron chi connectivity index (χ1n) is 8.45. The zero-order valence-electron chi connectivity index (χ0n) is 13.8. The number of carboxylic acid groups (broad SMARTS) is 1. The van der Waals surface area contributed by atoms with Gasteiger partial charge in [-0.15, -0.1) is 0 Å². The topological polar surface area (TPSA) is 69.6 Å². The minimum Gasteiger partial charge on any atom is -0.480 e. The Morgan fingerprint density at radius 1 is 1.33 bits per heavy atom. The van der Waals surface area contributed by atoms with Crippen molar-refractivity contribution in [2.75, 3.05) is 13.1 Å². The number of carbonyl (C=O) groups excluding carboxylic acids is 1. The summed E-state index contributed by atoms with van der Waals surface area (Å²) in [5, 5.41) is 12.0. The van der Waals surface area contributed by atoms with Crippen LogP contribution in [-0.4, -0.2) is 47.1 Å². The van der Waals surface area contributed by atoms with Crippen molar-refractivity contribution in [1.29, 1.82) is 0 Å². The van der Waals surface area contributed by atoms with Crippen molar-refractivity contribution in [3.8, 4) is 0 Å². The summed E-state index contributed by atoms with van der Waals surface area (Å²) < 4.78 is 13.3. The first kappa shape index (κ1) is 16.9. The number of aliphatic carboxylic acids is 1. The quantitative estimate of drug-likeness (QED) is 0.802. The Balaban J connectivity index is 1.50. The van der Waals surface area contributed by atoms with Gasteiger partial charge in [0, 0.05) is 24.2 Å². The Labute approximate surface area is 140 Å². The fourth-order valence-corrected chi connectivity index (χ4v) is 3.21. The number of halogens is 1. The van der Waals surface area contributed by atoms with Gasteiger partial charge in [-0.2, -0.15) is 0 Å². The summed E-state index contributed by atoms with van der Waals surface area (Å²) in [4.78, 5) is 25.3. The summed E-state index contributed by atoms with van der Waals surface area (Å²) in [5.74, 6) is -0.682. The van der Waals surface area contributed by atoms with Gasteiger partial charge in [0.15, 0.2) is 0 Å². The smallest absolute Gasteiger partial charge is 0.317 e. The lowest BCUT2D eigenvalue weighted by Crippen LogP contribution is -2.55. The van der Waals surface area contributed by atoms with Gasteiger partial charge in [-0.05, 0) is 62.3 Å². The highest BCUT2D eigenvalue weighted by Gasteiger charge is 2.37. The zero-order chi connectivity index (χ0) is 17.3. The van der Waals surface area contributed by atoms with E-state index >= 15 is 0 Å². The summed E-state index contributed by atoms with van der Waals surface area (Å²) in [5.41, 5.74) is 0.906. The molecule has 2 saturated carbocycles. The van der Waals surface area contributed by atoms with Crippen molar-refractivity contribution in [2.45, 2.75) is 44.7 Å². The number of hydrogen-bond acceptors (Lipinski definition) is 3. The Bertz CT molecular complexity index is 639. The molecular formula is C18H23FN2O3. The Morgan fingerprint density at radius 2 is 2.04 bits per heavy atom. The maximum absolute atomic E-state index is 13.3. The predicted molar refractivity (Wildman–Crippen MR) is 87.3 cm³/mol. The Kier molecular flexibility index (Phi) is 4.85. The van der Waals surface area contributed by atoms with Gasteiger partial charge < -0.3 is 10.4 Å². The predicted octanol–water partition coefficient (Wildman–Crippen LogP) is 2.19. The van der Waals surface area contributed by atoms with Crippen LogP contribution in [-0.2, 0) is 4.79 Å². The van der Waals surface area contributed by atoms with E-state index in [1.807, 2.05) is 4.90 Å². The molecular weight excluding hydrogens is 311 g/mol. The lowest BCUT2D eigenvalue weighted by Gasteiger charge is -2.42. The van der Waals surface area contributed by atoms with Crippen LogP contribution in [0.25, 0.3) is 0 Å². The van der Waals surface area contributed by atoms with Crippen LogP contribution in [0.2, 0.25) is 0 Å². The summed E-state index contributed by atoms with van der Waals surface area (Å²) in [6.07, 6.45) is 3.91. The fraction of sp³-hybridized carbons (Fsp3) is 0.556. The molecule has 0 aromatic heterocycles. The molecule has 1 aromatic rings. The van der Waals surface area contributed by atoms with Gasteiger partial charge in [-0.1, -0.05) is 0 Å². The second-order valence-electron chi connectivity index (χ2n) is 7.03. The molecule has 1 aromatic carbocycles. The number of nitrogens with one attached hydrogen (secondary N) is 1. The molecule has 130 valence electrons.